The number of hydrogen-bond donors (Lipinski definition) is 0. The fraction of sp³-hybridized carbons (Fsp3) is 0.235. The summed E-state index contributed by atoms with van der Waals surface area (Å²) in [5.74, 6) is -0.447. The van der Waals surface area contributed by atoms with Gasteiger partial charge in [-0.25, -0.2) is 4.79 Å². The van der Waals surface area contributed by atoms with Crippen molar-refractivity contribution in [1.29, 1.82) is 0 Å². The third-order valence-corrected chi connectivity index (χ3v) is 2.49. The van der Waals surface area contributed by atoms with Gasteiger partial charge in [-0.15, -0.1) is 0 Å². The number of esters is 1. The number of hydrogen-bond acceptors (Lipinski definition) is 3. The monoisotopic (exact) mass is 272 g/mol. The lowest BCUT2D eigenvalue weighted by Gasteiger charge is -2.14. The first-order chi connectivity index (χ1) is 9.76. The summed E-state index contributed by atoms with van der Waals surface area (Å²) in [6.07, 6.45) is 8.41. The Morgan fingerprint density at radius 3 is 2.70 bits per heavy atom. The second-order valence-corrected chi connectivity index (χ2v) is 4.08. The van der Waals surface area contributed by atoms with Crippen LogP contribution >= 0.6 is 0 Å². The maximum absolute atomic E-state index is 11.1. The molecule has 0 aliphatic carbocycles. The van der Waals surface area contributed by atoms with Crippen molar-refractivity contribution < 1.29 is 14.3 Å². The molecule has 0 radical (unpaired) electrons. The number of rotatable bonds is 8. The molecule has 0 bridgehead atoms. The fourth-order valence-electron chi connectivity index (χ4n) is 1.46. The Hall–Kier alpha value is -2.13. The largest absolute Gasteiger partial charge is 0.459 e. The molecule has 0 N–H and O–H groups in total. The van der Waals surface area contributed by atoms with E-state index in [1.54, 1.807) is 0 Å². The number of benzene rings is 1. The van der Waals surface area contributed by atoms with E-state index in [1.165, 1.54) is 0 Å². The first-order valence-electron chi connectivity index (χ1n) is 6.50. The fourth-order valence-corrected chi connectivity index (χ4v) is 1.46. The molecule has 1 aromatic carbocycles. The van der Waals surface area contributed by atoms with Crippen LogP contribution in [0.25, 0.3) is 0 Å². The molecule has 0 spiro atoms. The number of carbonyl (C=O) groups is 1. The van der Waals surface area contributed by atoms with Crippen molar-refractivity contribution in [1.82, 2.24) is 0 Å². The second-order valence-electron chi connectivity index (χ2n) is 4.08. The van der Waals surface area contributed by atoms with Crippen LogP contribution in [0.15, 0.2) is 67.3 Å². The van der Waals surface area contributed by atoms with Gasteiger partial charge in [0.05, 0.1) is 6.61 Å². The molecule has 0 saturated heterocycles. The van der Waals surface area contributed by atoms with Crippen LogP contribution in [0.3, 0.4) is 0 Å². The molecular formula is C17H20O3. The lowest BCUT2D eigenvalue weighted by molar-refractivity contribution is -0.141. The maximum atomic E-state index is 11.1. The van der Waals surface area contributed by atoms with Gasteiger partial charge in [0.25, 0.3) is 0 Å². The molecule has 1 rings (SSSR count). The summed E-state index contributed by atoms with van der Waals surface area (Å²) >= 11 is 0. The Balaban J connectivity index is 2.52. The lowest BCUT2D eigenvalue weighted by Crippen LogP contribution is -2.19. The first-order valence-corrected chi connectivity index (χ1v) is 6.50. The smallest absolute Gasteiger partial charge is 0.330 e. The van der Waals surface area contributed by atoms with E-state index in [0.29, 0.717) is 6.61 Å². The van der Waals surface area contributed by atoms with Crippen molar-refractivity contribution >= 4 is 5.97 Å². The predicted octanol–water partition coefficient (Wildman–Crippen LogP) is 3.43. The highest BCUT2D eigenvalue weighted by molar-refractivity contribution is 5.81. The zero-order chi connectivity index (χ0) is 14.6. The summed E-state index contributed by atoms with van der Waals surface area (Å²) in [6, 6.07) is 9.85. The van der Waals surface area contributed by atoms with E-state index in [1.807, 2.05) is 61.6 Å². The SMILES string of the molecule is C=CC(=O)OCC(C=CC=CC)OCc1ccccc1. The van der Waals surface area contributed by atoms with Gasteiger partial charge in [-0.1, -0.05) is 61.2 Å². The minimum atomic E-state index is -0.447. The van der Waals surface area contributed by atoms with Crippen molar-refractivity contribution in [3.8, 4) is 0 Å². The second kappa shape index (κ2) is 9.75. The van der Waals surface area contributed by atoms with Gasteiger partial charge in [0.2, 0.25) is 0 Å². The zero-order valence-electron chi connectivity index (χ0n) is 11.7. The van der Waals surface area contributed by atoms with Gasteiger partial charge in [0, 0.05) is 6.08 Å². The van der Waals surface area contributed by atoms with Gasteiger partial charge in [0.1, 0.15) is 12.7 Å². The van der Waals surface area contributed by atoms with E-state index in [4.69, 9.17) is 9.47 Å². The normalized spacial score (nSPS) is 12.7. The summed E-state index contributed by atoms with van der Waals surface area (Å²) in [6.45, 7) is 5.94. The van der Waals surface area contributed by atoms with Gasteiger partial charge in [-0.2, -0.15) is 0 Å². The Bertz CT molecular complexity index is 460. The molecule has 1 aromatic rings. The molecule has 0 aromatic heterocycles. The molecule has 20 heavy (non-hydrogen) atoms. The minimum Gasteiger partial charge on any atom is -0.459 e. The van der Waals surface area contributed by atoms with Crippen LogP contribution in [0.5, 0.6) is 0 Å². The summed E-state index contributed by atoms with van der Waals surface area (Å²) in [7, 11) is 0. The molecular weight excluding hydrogens is 252 g/mol. The topological polar surface area (TPSA) is 35.5 Å². The summed E-state index contributed by atoms with van der Waals surface area (Å²) in [5, 5.41) is 0. The Morgan fingerprint density at radius 1 is 1.30 bits per heavy atom. The molecule has 3 nitrogen and oxygen atoms in total. The molecule has 0 amide bonds. The van der Waals surface area contributed by atoms with Crippen LogP contribution in [0.1, 0.15) is 12.5 Å². The number of ether oxygens (including phenoxy) is 2. The van der Waals surface area contributed by atoms with Crippen molar-refractivity contribution in [3.63, 3.8) is 0 Å². The van der Waals surface area contributed by atoms with Crippen LogP contribution < -0.4 is 0 Å². The van der Waals surface area contributed by atoms with Crippen molar-refractivity contribution in [3.05, 3.63) is 72.9 Å². The van der Waals surface area contributed by atoms with E-state index in [2.05, 4.69) is 6.58 Å². The van der Waals surface area contributed by atoms with E-state index in [9.17, 15) is 4.79 Å². The third kappa shape index (κ3) is 6.71. The average molecular weight is 272 g/mol. The van der Waals surface area contributed by atoms with Gasteiger partial charge in [-0.05, 0) is 12.5 Å². The van der Waals surface area contributed by atoms with Crippen molar-refractivity contribution in [2.75, 3.05) is 6.61 Å². The summed E-state index contributed by atoms with van der Waals surface area (Å²) in [5.41, 5.74) is 1.08. The zero-order valence-corrected chi connectivity index (χ0v) is 11.7. The Labute approximate surface area is 120 Å². The highest BCUT2D eigenvalue weighted by Gasteiger charge is 2.08. The molecule has 0 fully saturated rings. The summed E-state index contributed by atoms with van der Waals surface area (Å²) < 4.78 is 10.8. The van der Waals surface area contributed by atoms with Crippen LogP contribution in [0.4, 0.5) is 0 Å². The van der Waals surface area contributed by atoms with Gasteiger partial charge in [-0.3, -0.25) is 0 Å². The Kier molecular flexibility index (Phi) is 7.77. The van der Waals surface area contributed by atoms with Crippen LogP contribution in [0, 0.1) is 0 Å². The van der Waals surface area contributed by atoms with E-state index >= 15 is 0 Å². The quantitative estimate of drug-likeness (QED) is 0.413. The minimum absolute atomic E-state index is 0.172. The average Bonchev–Trinajstić information content (AvgIpc) is 2.50. The first kappa shape index (κ1) is 15.9. The van der Waals surface area contributed by atoms with Gasteiger partial charge in [0.15, 0.2) is 0 Å². The third-order valence-electron chi connectivity index (χ3n) is 2.49. The molecule has 1 unspecified atom stereocenters. The summed E-state index contributed by atoms with van der Waals surface area (Å²) in [4.78, 5) is 11.1. The number of allylic oxidation sites excluding steroid dienone is 3. The lowest BCUT2D eigenvalue weighted by atomic mass is 10.2. The van der Waals surface area contributed by atoms with Gasteiger partial charge >= 0.3 is 5.97 Å². The van der Waals surface area contributed by atoms with Crippen molar-refractivity contribution in [2.24, 2.45) is 0 Å². The van der Waals surface area contributed by atoms with Crippen LogP contribution in [-0.2, 0) is 20.9 Å². The van der Waals surface area contributed by atoms with Gasteiger partial charge < -0.3 is 9.47 Å². The molecule has 0 aliphatic heterocycles. The highest BCUT2D eigenvalue weighted by atomic mass is 16.6. The Morgan fingerprint density at radius 2 is 2.05 bits per heavy atom. The molecule has 1 atom stereocenters. The maximum Gasteiger partial charge on any atom is 0.330 e. The molecule has 3 heteroatoms. The molecule has 0 aliphatic rings. The van der Waals surface area contributed by atoms with Crippen LogP contribution in [0.2, 0.25) is 0 Å². The standard InChI is InChI=1S/C17H20O3/c1-3-5-7-12-16(14-20-17(18)4-2)19-13-15-10-8-6-9-11-15/h3-12,16H,2,13-14H2,1H3. The molecule has 0 saturated carbocycles. The number of carbonyl (C=O) groups excluding carboxylic acids is 1. The van der Waals surface area contributed by atoms with Crippen LogP contribution in [-0.4, -0.2) is 18.7 Å². The highest BCUT2D eigenvalue weighted by Crippen LogP contribution is 2.05. The van der Waals surface area contributed by atoms with Crippen molar-refractivity contribution in [2.45, 2.75) is 19.6 Å². The molecule has 106 valence electrons. The van der Waals surface area contributed by atoms with E-state index in [-0.39, 0.29) is 12.7 Å². The van der Waals surface area contributed by atoms with E-state index in [0.717, 1.165) is 11.6 Å². The predicted molar refractivity (Wildman–Crippen MR) is 80.1 cm³/mol. The van der Waals surface area contributed by atoms with E-state index < -0.39 is 5.97 Å². The molecule has 0 heterocycles.